The van der Waals surface area contributed by atoms with Crippen molar-refractivity contribution in [2.75, 3.05) is 52.9 Å². The van der Waals surface area contributed by atoms with Crippen LogP contribution in [-0.4, -0.2) is 113 Å². The fourth-order valence-electron chi connectivity index (χ4n) is 8.33. The molecule has 3 aliphatic heterocycles. The monoisotopic (exact) mass is 681 g/mol. The van der Waals surface area contributed by atoms with E-state index < -0.39 is 21.6 Å². The zero-order chi connectivity index (χ0) is 34.1. The minimum absolute atomic E-state index is 0.0388. The maximum atomic E-state index is 13.9. The van der Waals surface area contributed by atoms with Crippen molar-refractivity contribution in [2.24, 2.45) is 5.92 Å². The number of carbonyl (C=O) groups is 2. The highest BCUT2D eigenvalue weighted by Gasteiger charge is 2.53. The van der Waals surface area contributed by atoms with Gasteiger partial charge in [0.2, 0.25) is 21.8 Å². The van der Waals surface area contributed by atoms with Crippen molar-refractivity contribution in [3.05, 3.63) is 41.2 Å². The molecule has 6 rings (SSSR count). The van der Waals surface area contributed by atoms with Crippen LogP contribution >= 0.6 is 0 Å². The Morgan fingerprint density at radius 3 is 2.25 bits per heavy atom. The van der Waals surface area contributed by atoms with Gasteiger partial charge in [0.15, 0.2) is 0 Å². The third kappa shape index (κ3) is 6.95. The number of amides is 2. The molecule has 4 fully saturated rings. The SMILES string of the molecule is CCCCN1C(=O)C(CC2CCCCC2)NC(=O)C12CCN(Cc1c(C)nn(-c3ccc(S(=O)(=O)N4CCN(C)CC4)cc3)c1C)CC2. The smallest absolute Gasteiger partial charge is 0.246 e. The number of likely N-dealkylation sites (N-methyl/N-ethyl adjacent to an activating group) is 1. The standard InChI is InChI=1S/C36H55N7O4S/c1-5-6-18-42-34(44)33(25-29-10-8-7-9-11-29)37-35(45)36(42)16-19-40(20-17-36)26-32-27(2)38-43(28(32)3)30-12-14-31(15-13-30)48(46,47)41-23-21-39(4)22-24-41/h12-15,29,33H,5-11,16-26H2,1-4H3,(H,37,45). The Labute approximate surface area is 287 Å². The Balaban J connectivity index is 1.12. The topological polar surface area (TPSA) is 111 Å². The molecule has 1 aromatic carbocycles. The third-order valence-corrected chi connectivity index (χ3v) is 13.4. The summed E-state index contributed by atoms with van der Waals surface area (Å²) in [6.07, 6.45) is 9.96. The lowest BCUT2D eigenvalue weighted by molar-refractivity contribution is -0.162. The van der Waals surface area contributed by atoms with E-state index >= 15 is 0 Å². The van der Waals surface area contributed by atoms with Crippen LogP contribution in [0.25, 0.3) is 5.69 Å². The normalized spacial score (nSPS) is 23.6. The van der Waals surface area contributed by atoms with Crippen molar-refractivity contribution < 1.29 is 18.0 Å². The lowest BCUT2D eigenvalue weighted by Gasteiger charge is -2.52. The molecule has 1 atom stereocenters. The first-order valence-electron chi connectivity index (χ1n) is 18.2. The number of likely N-dealkylation sites (tertiary alicyclic amines) is 1. The predicted octanol–water partition coefficient (Wildman–Crippen LogP) is 3.86. The number of unbranched alkanes of at least 4 members (excludes halogenated alkanes) is 1. The molecule has 0 bridgehead atoms. The van der Waals surface area contributed by atoms with E-state index in [1.165, 1.54) is 19.3 Å². The molecule has 3 saturated heterocycles. The molecule has 0 radical (unpaired) electrons. The second kappa shape index (κ2) is 14.6. The van der Waals surface area contributed by atoms with Gasteiger partial charge in [0.1, 0.15) is 11.6 Å². The molecule has 264 valence electrons. The zero-order valence-corrected chi connectivity index (χ0v) is 30.2. The molecule has 2 amide bonds. The van der Waals surface area contributed by atoms with Gasteiger partial charge in [-0.2, -0.15) is 9.40 Å². The van der Waals surface area contributed by atoms with Gasteiger partial charge in [0.05, 0.1) is 16.3 Å². The number of sulfonamides is 1. The van der Waals surface area contributed by atoms with E-state index in [-0.39, 0.29) is 11.8 Å². The van der Waals surface area contributed by atoms with Gasteiger partial charge in [0.25, 0.3) is 0 Å². The number of nitrogens with one attached hydrogen (secondary N) is 1. The molecule has 1 saturated carbocycles. The van der Waals surface area contributed by atoms with Crippen LogP contribution in [0.3, 0.4) is 0 Å². The number of carbonyl (C=O) groups excluding carboxylic acids is 2. The van der Waals surface area contributed by atoms with Crippen LogP contribution in [-0.2, 0) is 26.2 Å². The predicted molar refractivity (Wildman–Crippen MR) is 186 cm³/mol. The number of aryl methyl sites for hydroxylation is 1. The number of hydrogen-bond acceptors (Lipinski definition) is 7. The average Bonchev–Trinajstić information content (AvgIpc) is 3.37. The van der Waals surface area contributed by atoms with Crippen LogP contribution in [0.1, 0.15) is 88.1 Å². The van der Waals surface area contributed by atoms with Crippen molar-refractivity contribution >= 4 is 21.8 Å². The van der Waals surface area contributed by atoms with Crippen LogP contribution in [0.15, 0.2) is 29.2 Å². The molecular formula is C36H55N7O4S. The number of piperidine rings is 1. The van der Waals surface area contributed by atoms with Crippen LogP contribution in [0.5, 0.6) is 0 Å². The van der Waals surface area contributed by atoms with Crippen molar-refractivity contribution in [1.29, 1.82) is 0 Å². The fourth-order valence-corrected chi connectivity index (χ4v) is 9.75. The fraction of sp³-hybridized carbons (Fsp3) is 0.694. The van der Waals surface area contributed by atoms with Gasteiger partial charge in [-0.3, -0.25) is 14.5 Å². The molecular weight excluding hydrogens is 627 g/mol. The second-order valence-corrected chi connectivity index (χ2v) is 16.6. The largest absolute Gasteiger partial charge is 0.342 e. The summed E-state index contributed by atoms with van der Waals surface area (Å²) in [5, 5.41) is 8.06. The summed E-state index contributed by atoms with van der Waals surface area (Å²) in [6, 6.07) is 6.65. The number of nitrogens with zero attached hydrogens (tertiary/aromatic N) is 6. The highest BCUT2D eigenvalue weighted by atomic mass is 32.2. The van der Waals surface area contributed by atoms with Gasteiger partial charge in [-0.15, -0.1) is 0 Å². The molecule has 1 spiro atoms. The summed E-state index contributed by atoms with van der Waals surface area (Å²) in [4.78, 5) is 34.6. The first-order valence-corrected chi connectivity index (χ1v) is 19.7. The maximum absolute atomic E-state index is 13.9. The third-order valence-electron chi connectivity index (χ3n) is 11.5. The average molecular weight is 682 g/mol. The van der Waals surface area contributed by atoms with Gasteiger partial charge >= 0.3 is 0 Å². The number of hydrogen-bond donors (Lipinski definition) is 1. The quantitative estimate of drug-likeness (QED) is 0.406. The molecule has 48 heavy (non-hydrogen) atoms. The van der Waals surface area contributed by atoms with Crippen LogP contribution in [0, 0.1) is 19.8 Å². The Kier molecular flexibility index (Phi) is 10.6. The van der Waals surface area contributed by atoms with E-state index in [1.54, 1.807) is 16.4 Å². The Hall–Kier alpha value is -2.80. The molecule has 1 N–H and O–H groups in total. The molecule has 1 unspecified atom stereocenters. The van der Waals surface area contributed by atoms with E-state index in [4.69, 9.17) is 5.10 Å². The van der Waals surface area contributed by atoms with Gasteiger partial charge in [0, 0.05) is 63.6 Å². The van der Waals surface area contributed by atoms with E-state index in [0.717, 1.165) is 80.9 Å². The second-order valence-electron chi connectivity index (χ2n) is 14.7. The summed E-state index contributed by atoms with van der Waals surface area (Å²) in [5.41, 5.74) is 3.14. The number of rotatable bonds is 10. The van der Waals surface area contributed by atoms with Crippen LogP contribution < -0.4 is 5.32 Å². The summed E-state index contributed by atoms with van der Waals surface area (Å²) >= 11 is 0. The van der Waals surface area contributed by atoms with E-state index in [9.17, 15) is 18.0 Å². The molecule has 2 aromatic rings. The molecule has 11 nitrogen and oxygen atoms in total. The Morgan fingerprint density at radius 1 is 0.938 bits per heavy atom. The summed E-state index contributed by atoms with van der Waals surface area (Å²) < 4.78 is 29.9. The van der Waals surface area contributed by atoms with Crippen LogP contribution in [0.2, 0.25) is 0 Å². The Bertz CT molecular complexity index is 1550. The van der Waals surface area contributed by atoms with Crippen molar-refractivity contribution in [1.82, 2.24) is 34.1 Å². The van der Waals surface area contributed by atoms with Gasteiger partial charge in [-0.25, -0.2) is 13.1 Å². The summed E-state index contributed by atoms with van der Waals surface area (Å²) in [5.74, 6) is 0.687. The van der Waals surface area contributed by atoms with E-state index in [0.29, 0.717) is 49.8 Å². The van der Waals surface area contributed by atoms with E-state index in [1.807, 2.05) is 35.7 Å². The van der Waals surface area contributed by atoms with Gasteiger partial charge < -0.3 is 15.1 Å². The van der Waals surface area contributed by atoms with Crippen molar-refractivity contribution in [3.63, 3.8) is 0 Å². The molecule has 12 heteroatoms. The zero-order valence-electron chi connectivity index (χ0n) is 29.4. The molecule has 4 heterocycles. The molecule has 4 aliphatic rings. The molecule has 1 aliphatic carbocycles. The van der Waals surface area contributed by atoms with E-state index in [2.05, 4.69) is 29.0 Å². The minimum Gasteiger partial charge on any atom is -0.342 e. The van der Waals surface area contributed by atoms with Crippen LogP contribution in [0.4, 0.5) is 0 Å². The molecule has 1 aromatic heterocycles. The maximum Gasteiger partial charge on any atom is 0.246 e. The van der Waals surface area contributed by atoms with Gasteiger partial charge in [-0.05, 0) is 76.8 Å². The van der Waals surface area contributed by atoms with Crippen molar-refractivity contribution in [3.8, 4) is 5.69 Å². The Morgan fingerprint density at radius 2 is 1.60 bits per heavy atom. The highest BCUT2D eigenvalue weighted by Crippen LogP contribution is 2.37. The first-order chi connectivity index (χ1) is 23.0. The number of aromatic nitrogens is 2. The lowest BCUT2D eigenvalue weighted by Crippen LogP contribution is -2.73. The number of benzene rings is 1. The minimum atomic E-state index is -3.54. The highest BCUT2D eigenvalue weighted by molar-refractivity contribution is 7.89. The van der Waals surface area contributed by atoms with Gasteiger partial charge in [-0.1, -0.05) is 45.4 Å². The van der Waals surface area contributed by atoms with Crippen molar-refractivity contribution in [2.45, 2.75) is 108 Å². The number of piperazine rings is 2. The lowest BCUT2D eigenvalue weighted by atomic mass is 9.79. The summed E-state index contributed by atoms with van der Waals surface area (Å²) in [6.45, 7) is 11.5. The summed E-state index contributed by atoms with van der Waals surface area (Å²) in [7, 11) is -1.53. The first kappa shape index (κ1) is 35.0.